The molecular formula is C9H21NO2Si. The van der Waals surface area contributed by atoms with Gasteiger partial charge in [-0.1, -0.05) is 13.3 Å². The lowest BCUT2D eigenvalue weighted by atomic mass is 10.5. The van der Waals surface area contributed by atoms with Crippen LogP contribution in [0.2, 0.25) is 12.6 Å². The van der Waals surface area contributed by atoms with Gasteiger partial charge in [-0.05, 0) is 19.6 Å². The summed E-state index contributed by atoms with van der Waals surface area (Å²) >= 11 is 0. The summed E-state index contributed by atoms with van der Waals surface area (Å²) in [7, 11) is 0.332. The van der Waals surface area contributed by atoms with E-state index in [-0.39, 0.29) is 0 Å². The summed E-state index contributed by atoms with van der Waals surface area (Å²) in [4.78, 5) is 2.25. The molecular weight excluding hydrogens is 182 g/mol. The summed E-state index contributed by atoms with van der Waals surface area (Å²) in [5, 5.41) is 0. The lowest BCUT2D eigenvalue weighted by molar-refractivity contribution is 0.109. The smallest absolute Gasteiger partial charge is 0.335 e. The van der Waals surface area contributed by atoms with E-state index in [0.29, 0.717) is 0 Å². The highest BCUT2D eigenvalue weighted by molar-refractivity contribution is 6.66. The van der Waals surface area contributed by atoms with Crippen LogP contribution in [0.3, 0.4) is 0 Å². The number of nitrogens with zero attached hydrogens (tertiary/aromatic N) is 1. The molecule has 0 spiro atoms. The normalized spacial score (nSPS) is 25.2. The van der Waals surface area contributed by atoms with Gasteiger partial charge in [0, 0.05) is 26.3 Å². The first-order valence-electron chi connectivity index (χ1n) is 5.13. The van der Waals surface area contributed by atoms with E-state index in [1.165, 1.54) is 6.42 Å². The van der Waals surface area contributed by atoms with Gasteiger partial charge in [-0.15, -0.1) is 0 Å². The minimum Gasteiger partial charge on any atom is -0.393 e. The van der Waals surface area contributed by atoms with E-state index in [4.69, 9.17) is 8.85 Å². The molecule has 0 amide bonds. The molecule has 0 aliphatic carbocycles. The van der Waals surface area contributed by atoms with Gasteiger partial charge in [0.2, 0.25) is 0 Å². The van der Waals surface area contributed by atoms with Crippen molar-refractivity contribution in [2.75, 3.05) is 33.4 Å². The predicted molar refractivity (Wildman–Crippen MR) is 56.1 cm³/mol. The van der Waals surface area contributed by atoms with Gasteiger partial charge in [-0.25, -0.2) is 0 Å². The van der Waals surface area contributed by atoms with Crippen molar-refractivity contribution in [1.82, 2.24) is 4.90 Å². The molecule has 0 unspecified atom stereocenters. The molecule has 1 heterocycles. The molecule has 78 valence electrons. The molecule has 0 radical (unpaired) electrons. The van der Waals surface area contributed by atoms with Crippen molar-refractivity contribution < 1.29 is 8.85 Å². The molecule has 0 aromatic heterocycles. The highest BCUT2D eigenvalue weighted by Crippen LogP contribution is 2.16. The van der Waals surface area contributed by atoms with Crippen molar-refractivity contribution in [3.63, 3.8) is 0 Å². The van der Waals surface area contributed by atoms with Crippen molar-refractivity contribution in [1.29, 1.82) is 0 Å². The highest BCUT2D eigenvalue weighted by Gasteiger charge is 2.31. The predicted octanol–water partition coefficient (Wildman–Crippen LogP) is 1.45. The zero-order chi connectivity index (χ0) is 9.73. The lowest BCUT2D eigenvalue weighted by Crippen LogP contribution is -2.45. The van der Waals surface area contributed by atoms with Gasteiger partial charge in [-0.2, -0.15) is 0 Å². The quantitative estimate of drug-likeness (QED) is 0.634. The minimum absolute atomic E-state index is 0.833. The van der Waals surface area contributed by atoms with Crippen molar-refractivity contribution >= 4 is 8.56 Å². The Labute approximate surface area is 82.3 Å². The van der Waals surface area contributed by atoms with Crippen LogP contribution in [0.4, 0.5) is 0 Å². The first kappa shape index (κ1) is 11.2. The van der Waals surface area contributed by atoms with Gasteiger partial charge in [0.05, 0.1) is 0 Å². The van der Waals surface area contributed by atoms with E-state index in [9.17, 15) is 0 Å². The molecule has 13 heavy (non-hydrogen) atoms. The Morgan fingerprint density at radius 3 is 2.23 bits per heavy atom. The third-order valence-electron chi connectivity index (χ3n) is 2.46. The van der Waals surface area contributed by atoms with Crippen LogP contribution in [0, 0.1) is 0 Å². The molecule has 0 saturated carbocycles. The molecule has 0 aromatic carbocycles. The number of hydrogen-bond donors (Lipinski definition) is 0. The summed E-state index contributed by atoms with van der Waals surface area (Å²) in [5.41, 5.74) is 0. The Kier molecular flexibility index (Phi) is 4.38. The van der Waals surface area contributed by atoms with Crippen LogP contribution in [0.1, 0.15) is 13.3 Å². The van der Waals surface area contributed by atoms with E-state index < -0.39 is 8.56 Å². The summed E-state index contributed by atoms with van der Waals surface area (Å²) in [6, 6.07) is 1.12. The topological polar surface area (TPSA) is 21.7 Å². The van der Waals surface area contributed by atoms with Crippen molar-refractivity contribution in [2.45, 2.75) is 25.9 Å². The molecule has 1 aliphatic rings. The second-order valence-electron chi connectivity index (χ2n) is 3.88. The number of rotatable bonds is 2. The monoisotopic (exact) mass is 203 g/mol. The fourth-order valence-electron chi connectivity index (χ4n) is 1.59. The second kappa shape index (κ2) is 5.10. The van der Waals surface area contributed by atoms with Gasteiger partial charge in [-0.3, -0.25) is 0 Å². The van der Waals surface area contributed by atoms with Crippen molar-refractivity contribution in [3.8, 4) is 0 Å². The maximum Gasteiger partial charge on any atom is 0.335 e. The molecule has 0 N–H and O–H groups in total. The van der Waals surface area contributed by atoms with Gasteiger partial charge in [0.15, 0.2) is 0 Å². The number of hydrogen-bond acceptors (Lipinski definition) is 3. The molecule has 1 rings (SSSR count). The Balaban J connectivity index is 2.39. The van der Waals surface area contributed by atoms with Crippen LogP contribution in [0.5, 0.6) is 0 Å². The summed E-state index contributed by atoms with van der Waals surface area (Å²) in [5.74, 6) is 0. The summed E-state index contributed by atoms with van der Waals surface area (Å²) in [6.45, 7) is 8.11. The molecule has 4 heteroatoms. The zero-order valence-electron chi connectivity index (χ0n) is 9.01. The average molecular weight is 203 g/mol. The fourth-order valence-corrected chi connectivity index (χ4v) is 3.91. The second-order valence-corrected chi connectivity index (χ2v) is 7.23. The van der Waals surface area contributed by atoms with Crippen LogP contribution >= 0.6 is 0 Å². The minimum atomic E-state index is -1.78. The maximum atomic E-state index is 5.86. The Morgan fingerprint density at radius 2 is 1.77 bits per heavy atom. The average Bonchev–Trinajstić information content (AvgIpc) is 2.02. The maximum absolute atomic E-state index is 5.86. The Hall–Kier alpha value is 0.0969. The van der Waals surface area contributed by atoms with Crippen LogP contribution in [0.25, 0.3) is 0 Å². The van der Waals surface area contributed by atoms with E-state index in [1.54, 1.807) is 0 Å². The van der Waals surface area contributed by atoms with Crippen molar-refractivity contribution in [3.05, 3.63) is 0 Å². The Bertz CT molecular complexity index is 145. The molecule has 1 aliphatic heterocycles. The van der Waals surface area contributed by atoms with Crippen LogP contribution < -0.4 is 0 Å². The zero-order valence-corrected chi connectivity index (χ0v) is 10.0. The third-order valence-corrected chi connectivity index (χ3v) is 5.50. The van der Waals surface area contributed by atoms with Gasteiger partial charge in [0.25, 0.3) is 0 Å². The molecule has 3 nitrogen and oxygen atoms in total. The molecule has 0 aromatic rings. The number of likely N-dealkylation sites (N-methyl/N-ethyl adjacent to an activating group) is 1. The molecule has 0 bridgehead atoms. The van der Waals surface area contributed by atoms with E-state index in [2.05, 4.69) is 25.4 Å². The largest absolute Gasteiger partial charge is 0.393 e. The lowest BCUT2D eigenvalue weighted by Gasteiger charge is -2.31. The van der Waals surface area contributed by atoms with E-state index in [0.717, 1.165) is 32.3 Å². The highest BCUT2D eigenvalue weighted by atomic mass is 28.4. The van der Waals surface area contributed by atoms with E-state index >= 15 is 0 Å². The molecule has 0 atom stereocenters. The first-order valence-corrected chi connectivity index (χ1v) is 7.65. The van der Waals surface area contributed by atoms with Crippen LogP contribution in [0.15, 0.2) is 0 Å². The Morgan fingerprint density at radius 1 is 1.23 bits per heavy atom. The van der Waals surface area contributed by atoms with Gasteiger partial charge >= 0.3 is 8.56 Å². The standard InChI is InChI=1S/C9H21NO2Si/c1-4-9-13(3)11-7-5-10(2)6-8-12-13/h4-9H2,1-3H3. The SMILES string of the molecule is CCC[Si]1(C)OCCN(C)CCO1. The van der Waals surface area contributed by atoms with Gasteiger partial charge < -0.3 is 13.8 Å². The fraction of sp³-hybridized carbons (Fsp3) is 1.00. The summed E-state index contributed by atoms with van der Waals surface area (Å²) < 4.78 is 11.7. The molecule has 1 fully saturated rings. The van der Waals surface area contributed by atoms with Gasteiger partial charge in [0.1, 0.15) is 0 Å². The van der Waals surface area contributed by atoms with Crippen molar-refractivity contribution in [2.24, 2.45) is 0 Å². The van der Waals surface area contributed by atoms with Crippen LogP contribution in [-0.2, 0) is 8.85 Å². The van der Waals surface area contributed by atoms with Crippen LogP contribution in [-0.4, -0.2) is 46.8 Å². The summed E-state index contributed by atoms with van der Waals surface area (Å²) in [6.07, 6.45) is 1.17. The third kappa shape index (κ3) is 3.77. The first-order chi connectivity index (χ1) is 6.16. The molecule has 1 saturated heterocycles. The van der Waals surface area contributed by atoms with E-state index in [1.807, 2.05) is 0 Å².